The van der Waals surface area contributed by atoms with Crippen LogP contribution >= 0.6 is 0 Å². The first-order valence-electron chi connectivity index (χ1n) is 8.94. The van der Waals surface area contributed by atoms with Crippen LogP contribution in [0.15, 0.2) is 18.2 Å². The third-order valence-corrected chi connectivity index (χ3v) is 5.33. The van der Waals surface area contributed by atoms with Crippen molar-refractivity contribution in [2.45, 2.75) is 57.5 Å². The highest BCUT2D eigenvalue weighted by molar-refractivity contribution is 5.92. The van der Waals surface area contributed by atoms with Gasteiger partial charge in [-0.1, -0.05) is 12.1 Å². The number of methoxy groups -OCH3 is 1. The first-order valence-corrected chi connectivity index (χ1v) is 8.94. The first kappa shape index (κ1) is 17.8. The minimum absolute atomic E-state index is 0.0291. The molecule has 0 saturated carbocycles. The van der Waals surface area contributed by atoms with Crippen LogP contribution in [-0.2, 0) is 21.3 Å². The van der Waals surface area contributed by atoms with E-state index in [1.165, 1.54) is 12.7 Å². The number of benzene rings is 1. The number of hydrogen-bond acceptors (Lipinski definition) is 4. The summed E-state index contributed by atoms with van der Waals surface area (Å²) in [5.41, 5.74) is 2.56. The molecule has 25 heavy (non-hydrogen) atoms. The van der Waals surface area contributed by atoms with Gasteiger partial charge in [-0.25, -0.2) is 9.59 Å². The SMILES string of the molecule is COC(=O)c1cccc2c1C1(CC2)CCN(C(=O)OC(C)(C)C)CC1. The lowest BCUT2D eigenvalue weighted by molar-refractivity contribution is 0.0162. The van der Waals surface area contributed by atoms with Crippen LogP contribution < -0.4 is 0 Å². The van der Waals surface area contributed by atoms with Gasteiger partial charge in [0.15, 0.2) is 0 Å². The summed E-state index contributed by atoms with van der Waals surface area (Å²) in [7, 11) is 1.43. The van der Waals surface area contributed by atoms with Gasteiger partial charge >= 0.3 is 12.1 Å². The molecule has 1 aromatic rings. The number of aryl methyl sites for hydroxylation is 1. The molecule has 0 radical (unpaired) electrons. The highest BCUT2D eigenvalue weighted by Gasteiger charge is 2.44. The molecule has 1 amide bonds. The molecule has 136 valence electrons. The molecule has 1 saturated heterocycles. The molecule has 1 fully saturated rings. The normalized spacial score (nSPS) is 18.8. The number of ether oxygens (including phenoxy) is 2. The monoisotopic (exact) mass is 345 g/mol. The second-order valence-electron chi connectivity index (χ2n) is 8.08. The summed E-state index contributed by atoms with van der Waals surface area (Å²) in [6.07, 6.45) is 3.47. The van der Waals surface area contributed by atoms with Crippen LogP contribution in [0.25, 0.3) is 0 Å². The quantitative estimate of drug-likeness (QED) is 0.729. The van der Waals surface area contributed by atoms with E-state index in [1.54, 1.807) is 4.90 Å². The molecule has 5 nitrogen and oxygen atoms in total. The molecular formula is C20H27NO4. The zero-order chi connectivity index (χ0) is 18.2. The second-order valence-corrected chi connectivity index (χ2v) is 8.08. The Labute approximate surface area is 149 Å². The average Bonchev–Trinajstić information content (AvgIpc) is 2.92. The standard InChI is InChI=1S/C20H27NO4/c1-19(2,3)25-18(23)21-12-10-20(11-13-21)9-8-14-6-5-7-15(16(14)20)17(22)24-4/h5-7H,8-13H2,1-4H3. The molecule has 0 atom stereocenters. The minimum atomic E-state index is -0.482. The Balaban J connectivity index is 1.80. The van der Waals surface area contributed by atoms with Crippen LogP contribution in [0.5, 0.6) is 0 Å². The Kier molecular flexibility index (Phi) is 4.52. The van der Waals surface area contributed by atoms with Gasteiger partial charge in [0.25, 0.3) is 0 Å². The summed E-state index contributed by atoms with van der Waals surface area (Å²) in [5, 5.41) is 0. The van der Waals surface area contributed by atoms with E-state index in [1.807, 2.05) is 32.9 Å². The van der Waals surface area contributed by atoms with Crippen molar-refractivity contribution in [2.75, 3.05) is 20.2 Å². The van der Waals surface area contributed by atoms with E-state index >= 15 is 0 Å². The number of carbonyl (C=O) groups excluding carboxylic acids is 2. The summed E-state index contributed by atoms with van der Waals surface area (Å²) in [5.74, 6) is -0.271. The van der Waals surface area contributed by atoms with Gasteiger partial charge in [-0.05, 0) is 63.6 Å². The maximum Gasteiger partial charge on any atom is 0.410 e. The summed E-state index contributed by atoms with van der Waals surface area (Å²) in [6.45, 7) is 6.96. The van der Waals surface area contributed by atoms with Crippen LogP contribution in [0.4, 0.5) is 4.79 Å². The van der Waals surface area contributed by atoms with Gasteiger partial charge in [-0.15, -0.1) is 0 Å². The number of likely N-dealkylation sites (tertiary alicyclic amines) is 1. The third-order valence-electron chi connectivity index (χ3n) is 5.33. The van der Waals surface area contributed by atoms with Gasteiger partial charge in [0.05, 0.1) is 12.7 Å². The fraction of sp³-hybridized carbons (Fsp3) is 0.600. The van der Waals surface area contributed by atoms with Crippen molar-refractivity contribution in [3.63, 3.8) is 0 Å². The van der Waals surface area contributed by atoms with Gasteiger partial charge in [0.2, 0.25) is 0 Å². The number of rotatable bonds is 1. The van der Waals surface area contributed by atoms with Crippen LogP contribution in [0.2, 0.25) is 0 Å². The second kappa shape index (κ2) is 6.36. The molecule has 0 unspecified atom stereocenters. The van der Waals surface area contributed by atoms with E-state index in [-0.39, 0.29) is 17.5 Å². The lowest BCUT2D eigenvalue weighted by Crippen LogP contribution is -2.46. The lowest BCUT2D eigenvalue weighted by atomic mass is 9.72. The molecule has 1 aromatic carbocycles. The van der Waals surface area contributed by atoms with Crippen LogP contribution in [0.1, 0.15) is 61.5 Å². The summed E-state index contributed by atoms with van der Waals surface area (Å²) in [4.78, 5) is 26.3. The molecule has 1 heterocycles. The van der Waals surface area contributed by atoms with E-state index in [4.69, 9.17) is 9.47 Å². The van der Waals surface area contributed by atoms with Crippen molar-refractivity contribution in [1.82, 2.24) is 4.90 Å². The molecule has 0 aromatic heterocycles. The van der Waals surface area contributed by atoms with Crippen molar-refractivity contribution in [1.29, 1.82) is 0 Å². The molecule has 3 rings (SSSR count). The maximum atomic E-state index is 12.3. The summed E-state index contributed by atoms with van der Waals surface area (Å²) >= 11 is 0. The maximum absolute atomic E-state index is 12.3. The molecular weight excluding hydrogens is 318 g/mol. The Morgan fingerprint density at radius 3 is 2.40 bits per heavy atom. The lowest BCUT2D eigenvalue weighted by Gasteiger charge is -2.41. The fourth-order valence-corrected chi connectivity index (χ4v) is 4.16. The smallest absolute Gasteiger partial charge is 0.410 e. The van der Waals surface area contributed by atoms with Crippen molar-refractivity contribution < 1.29 is 19.1 Å². The van der Waals surface area contributed by atoms with Gasteiger partial charge in [0, 0.05) is 18.5 Å². The minimum Gasteiger partial charge on any atom is -0.465 e. The van der Waals surface area contributed by atoms with Gasteiger partial charge in [-0.3, -0.25) is 0 Å². The van der Waals surface area contributed by atoms with Crippen molar-refractivity contribution in [3.8, 4) is 0 Å². The Morgan fingerprint density at radius 2 is 1.80 bits per heavy atom. The van der Waals surface area contributed by atoms with E-state index < -0.39 is 5.60 Å². The zero-order valence-electron chi connectivity index (χ0n) is 15.6. The van der Waals surface area contributed by atoms with E-state index in [9.17, 15) is 9.59 Å². The molecule has 2 aliphatic rings. The third kappa shape index (κ3) is 3.37. The number of hydrogen-bond donors (Lipinski definition) is 0. The first-order chi connectivity index (χ1) is 11.8. The fourth-order valence-electron chi connectivity index (χ4n) is 4.16. The molecule has 1 spiro atoms. The van der Waals surface area contributed by atoms with Gasteiger partial charge in [0.1, 0.15) is 5.60 Å². The highest BCUT2D eigenvalue weighted by atomic mass is 16.6. The molecule has 1 aliphatic heterocycles. The van der Waals surface area contributed by atoms with Crippen molar-refractivity contribution >= 4 is 12.1 Å². The molecule has 1 aliphatic carbocycles. The largest absolute Gasteiger partial charge is 0.465 e. The number of piperidine rings is 1. The van der Waals surface area contributed by atoms with Crippen LogP contribution in [0, 0.1) is 0 Å². The summed E-state index contributed by atoms with van der Waals surface area (Å²) < 4.78 is 10.5. The van der Waals surface area contributed by atoms with E-state index in [0.717, 1.165) is 31.2 Å². The predicted octanol–water partition coefficient (Wildman–Crippen LogP) is 3.69. The number of esters is 1. The average molecular weight is 345 g/mol. The van der Waals surface area contributed by atoms with Crippen LogP contribution in [-0.4, -0.2) is 42.8 Å². The zero-order valence-corrected chi connectivity index (χ0v) is 15.6. The number of amides is 1. The molecule has 5 heteroatoms. The Bertz CT molecular complexity index is 681. The number of carbonyl (C=O) groups is 2. The summed E-state index contributed by atoms with van der Waals surface area (Å²) in [6, 6.07) is 5.90. The topological polar surface area (TPSA) is 55.8 Å². The Hall–Kier alpha value is -2.04. The van der Waals surface area contributed by atoms with Crippen molar-refractivity contribution in [2.24, 2.45) is 0 Å². The number of nitrogens with zero attached hydrogens (tertiary/aromatic N) is 1. The Morgan fingerprint density at radius 1 is 1.12 bits per heavy atom. The van der Waals surface area contributed by atoms with E-state index in [0.29, 0.717) is 18.7 Å². The number of fused-ring (bicyclic) bond motifs is 2. The van der Waals surface area contributed by atoms with Crippen molar-refractivity contribution in [3.05, 3.63) is 34.9 Å². The van der Waals surface area contributed by atoms with Gasteiger partial charge < -0.3 is 14.4 Å². The highest BCUT2D eigenvalue weighted by Crippen LogP contribution is 2.48. The molecule has 0 bridgehead atoms. The van der Waals surface area contributed by atoms with Crippen LogP contribution in [0.3, 0.4) is 0 Å². The van der Waals surface area contributed by atoms with E-state index in [2.05, 4.69) is 6.07 Å². The predicted molar refractivity (Wildman–Crippen MR) is 94.8 cm³/mol. The molecule has 0 N–H and O–H groups in total. The van der Waals surface area contributed by atoms with Gasteiger partial charge in [-0.2, -0.15) is 0 Å².